The van der Waals surface area contributed by atoms with Crippen LogP contribution in [0.5, 0.6) is 0 Å². The minimum absolute atomic E-state index is 0.178. The number of nitrogens with zero attached hydrogens (tertiary/aromatic N) is 2. The highest BCUT2D eigenvalue weighted by Crippen LogP contribution is 2.20. The molecule has 0 aliphatic heterocycles. The van der Waals surface area contributed by atoms with Gasteiger partial charge in [-0.15, -0.1) is 0 Å². The second-order valence-corrected chi connectivity index (χ2v) is 5.95. The first kappa shape index (κ1) is 14.1. The van der Waals surface area contributed by atoms with Crippen molar-refractivity contribution in [1.82, 2.24) is 15.1 Å². The summed E-state index contributed by atoms with van der Waals surface area (Å²) in [5.41, 5.74) is 3.42. The first-order valence-electron chi connectivity index (χ1n) is 8.11. The van der Waals surface area contributed by atoms with Gasteiger partial charge >= 0.3 is 0 Å². The van der Waals surface area contributed by atoms with Crippen LogP contribution in [0.2, 0.25) is 0 Å². The van der Waals surface area contributed by atoms with Crippen molar-refractivity contribution in [3.8, 4) is 0 Å². The average Bonchev–Trinajstić information content (AvgIpc) is 3.19. The standard InChI is InChI=1S/C18H19N3O2/c22-18(17-11-13-5-2-4-8-16(13)23-17)19-9-10-21-15-7-3-1-6-14(15)12-20-21/h2,4-5,8,11-12H,1,3,6-7,9-10H2,(H,19,22). The molecule has 2 heterocycles. The van der Waals surface area contributed by atoms with Crippen LogP contribution in [0.3, 0.4) is 0 Å². The van der Waals surface area contributed by atoms with Gasteiger partial charge in [0.1, 0.15) is 5.58 Å². The maximum atomic E-state index is 12.2. The van der Waals surface area contributed by atoms with E-state index in [0.29, 0.717) is 18.8 Å². The summed E-state index contributed by atoms with van der Waals surface area (Å²) >= 11 is 0. The molecular weight excluding hydrogens is 290 g/mol. The molecule has 1 aromatic carbocycles. The van der Waals surface area contributed by atoms with Gasteiger partial charge in [-0.1, -0.05) is 18.2 Å². The number of hydrogen-bond acceptors (Lipinski definition) is 3. The largest absolute Gasteiger partial charge is 0.451 e. The zero-order valence-corrected chi connectivity index (χ0v) is 12.9. The summed E-state index contributed by atoms with van der Waals surface area (Å²) < 4.78 is 7.59. The normalized spacial score (nSPS) is 13.9. The molecule has 2 aromatic heterocycles. The fraction of sp³-hybridized carbons (Fsp3) is 0.333. The van der Waals surface area contributed by atoms with Crippen molar-refractivity contribution in [1.29, 1.82) is 0 Å². The lowest BCUT2D eigenvalue weighted by Crippen LogP contribution is -2.27. The molecule has 0 unspecified atom stereocenters. The third-order valence-corrected chi connectivity index (χ3v) is 4.40. The molecule has 1 N–H and O–H groups in total. The lowest BCUT2D eigenvalue weighted by molar-refractivity contribution is 0.0926. The monoisotopic (exact) mass is 309 g/mol. The van der Waals surface area contributed by atoms with Crippen LogP contribution in [0.4, 0.5) is 0 Å². The van der Waals surface area contributed by atoms with E-state index in [-0.39, 0.29) is 5.91 Å². The molecule has 0 atom stereocenters. The van der Waals surface area contributed by atoms with E-state index in [1.807, 2.05) is 35.1 Å². The SMILES string of the molecule is O=C(NCCn1ncc2c1CCCC2)c1cc2ccccc2o1. The van der Waals surface area contributed by atoms with Crippen LogP contribution < -0.4 is 5.32 Å². The maximum absolute atomic E-state index is 12.2. The molecule has 5 heteroatoms. The van der Waals surface area contributed by atoms with Gasteiger partial charge in [0.05, 0.1) is 12.7 Å². The van der Waals surface area contributed by atoms with Gasteiger partial charge in [-0.05, 0) is 43.4 Å². The highest BCUT2D eigenvalue weighted by Gasteiger charge is 2.15. The summed E-state index contributed by atoms with van der Waals surface area (Å²) in [6.07, 6.45) is 6.66. The molecule has 118 valence electrons. The Morgan fingerprint density at radius 3 is 3.04 bits per heavy atom. The number of hydrogen-bond donors (Lipinski definition) is 1. The molecule has 23 heavy (non-hydrogen) atoms. The van der Waals surface area contributed by atoms with Crippen molar-refractivity contribution >= 4 is 16.9 Å². The summed E-state index contributed by atoms with van der Waals surface area (Å²) in [4.78, 5) is 12.2. The van der Waals surface area contributed by atoms with Crippen LogP contribution in [0.1, 0.15) is 34.7 Å². The minimum atomic E-state index is -0.178. The third kappa shape index (κ3) is 2.74. The molecular formula is C18H19N3O2. The quantitative estimate of drug-likeness (QED) is 0.806. The Labute approximate surface area is 134 Å². The van der Waals surface area contributed by atoms with Crippen molar-refractivity contribution < 1.29 is 9.21 Å². The number of para-hydroxylation sites is 1. The number of aromatic nitrogens is 2. The predicted molar refractivity (Wildman–Crippen MR) is 87.4 cm³/mol. The second kappa shape index (κ2) is 5.91. The van der Waals surface area contributed by atoms with Gasteiger partial charge < -0.3 is 9.73 Å². The molecule has 5 nitrogen and oxygen atoms in total. The molecule has 0 radical (unpaired) electrons. The molecule has 0 spiro atoms. The fourth-order valence-corrected chi connectivity index (χ4v) is 3.20. The van der Waals surface area contributed by atoms with Crippen LogP contribution in [-0.4, -0.2) is 22.2 Å². The van der Waals surface area contributed by atoms with E-state index in [1.54, 1.807) is 6.07 Å². The Bertz CT molecular complexity index is 814. The molecule has 1 aliphatic carbocycles. The predicted octanol–water partition coefficient (Wildman–Crippen LogP) is 2.94. The van der Waals surface area contributed by atoms with Crippen LogP contribution in [-0.2, 0) is 19.4 Å². The van der Waals surface area contributed by atoms with Crippen molar-refractivity contribution in [3.05, 3.63) is 53.5 Å². The maximum Gasteiger partial charge on any atom is 0.287 e. The first-order chi connectivity index (χ1) is 11.3. The molecule has 1 amide bonds. The number of amides is 1. The highest BCUT2D eigenvalue weighted by atomic mass is 16.3. The van der Waals surface area contributed by atoms with Crippen molar-refractivity contribution in [3.63, 3.8) is 0 Å². The molecule has 4 rings (SSSR count). The lowest BCUT2D eigenvalue weighted by Gasteiger charge is -2.13. The number of carbonyl (C=O) groups excluding carboxylic acids is 1. The van der Waals surface area contributed by atoms with Gasteiger partial charge in [0.15, 0.2) is 5.76 Å². The van der Waals surface area contributed by atoms with Gasteiger partial charge in [0, 0.05) is 17.6 Å². The number of furan rings is 1. The number of benzene rings is 1. The van der Waals surface area contributed by atoms with E-state index in [1.165, 1.54) is 24.1 Å². The van der Waals surface area contributed by atoms with Gasteiger partial charge in [-0.25, -0.2) is 0 Å². The highest BCUT2D eigenvalue weighted by molar-refractivity contribution is 5.95. The summed E-state index contributed by atoms with van der Waals surface area (Å²) in [5, 5.41) is 8.30. The zero-order chi connectivity index (χ0) is 15.6. The lowest BCUT2D eigenvalue weighted by atomic mass is 9.98. The van der Waals surface area contributed by atoms with Crippen LogP contribution in [0, 0.1) is 0 Å². The Kier molecular flexibility index (Phi) is 3.61. The smallest absolute Gasteiger partial charge is 0.287 e. The van der Waals surface area contributed by atoms with Gasteiger partial charge in [0.2, 0.25) is 0 Å². The van der Waals surface area contributed by atoms with Gasteiger partial charge in [0.25, 0.3) is 5.91 Å². The van der Waals surface area contributed by atoms with E-state index in [0.717, 1.165) is 23.8 Å². The van der Waals surface area contributed by atoms with Gasteiger partial charge in [-0.2, -0.15) is 5.10 Å². The van der Waals surface area contributed by atoms with Crippen LogP contribution in [0.15, 0.2) is 40.9 Å². The Morgan fingerprint density at radius 1 is 1.26 bits per heavy atom. The summed E-state index contributed by atoms with van der Waals surface area (Å²) in [7, 11) is 0. The number of rotatable bonds is 4. The third-order valence-electron chi connectivity index (χ3n) is 4.40. The molecule has 3 aromatic rings. The molecule has 0 fully saturated rings. The summed E-state index contributed by atoms with van der Waals surface area (Å²) in [6.45, 7) is 1.24. The Morgan fingerprint density at radius 2 is 2.13 bits per heavy atom. The van der Waals surface area contributed by atoms with Crippen LogP contribution >= 0.6 is 0 Å². The van der Waals surface area contributed by atoms with E-state index >= 15 is 0 Å². The molecule has 0 saturated heterocycles. The first-order valence-corrected chi connectivity index (χ1v) is 8.11. The summed E-state index contributed by atoms with van der Waals surface area (Å²) in [6, 6.07) is 9.41. The van der Waals surface area contributed by atoms with E-state index in [2.05, 4.69) is 10.4 Å². The van der Waals surface area contributed by atoms with Crippen LogP contribution in [0.25, 0.3) is 11.0 Å². The Balaban J connectivity index is 1.39. The number of carbonyl (C=O) groups is 1. The number of aryl methyl sites for hydroxylation is 1. The van der Waals surface area contributed by atoms with Crippen molar-refractivity contribution in [2.24, 2.45) is 0 Å². The number of nitrogens with one attached hydrogen (secondary N) is 1. The Hall–Kier alpha value is -2.56. The molecule has 0 saturated carbocycles. The fourth-order valence-electron chi connectivity index (χ4n) is 3.20. The second-order valence-electron chi connectivity index (χ2n) is 5.95. The van der Waals surface area contributed by atoms with E-state index in [4.69, 9.17) is 4.42 Å². The summed E-state index contributed by atoms with van der Waals surface area (Å²) in [5.74, 6) is 0.177. The van der Waals surface area contributed by atoms with E-state index in [9.17, 15) is 4.79 Å². The average molecular weight is 309 g/mol. The zero-order valence-electron chi connectivity index (χ0n) is 12.9. The van der Waals surface area contributed by atoms with Crippen molar-refractivity contribution in [2.45, 2.75) is 32.2 Å². The minimum Gasteiger partial charge on any atom is -0.451 e. The molecule has 0 bridgehead atoms. The van der Waals surface area contributed by atoms with Crippen molar-refractivity contribution in [2.75, 3.05) is 6.54 Å². The number of fused-ring (bicyclic) bond motifs is 2. The topological polar surface area (TPSA) is 60.1 Å². The van der Waals surface area contributed by atoms with E-state index < -0.39 is 0 Å². The van der Waals surface area contributed by atoms with Gasteiger partial charge in [-0.3, -0.25) is 9.48 Å². The molecule has 1 aliphatic rings.